The van der Waals surface area contributed by atoms with Gasteiger partial charge in [0, 0.05) is 30.1 Å². The maximum absolute atomic E-state index is 12.2. The fraction of sp³-hybridized carbons (Fsp3) is 0.350. The van der Waals surface area contributed by atoms with Crippen LogP contribution in [0.4, 0.5) is 11.4 Å². The molecule has 3 amide bonds. The molecule has 1 aromatic heterocycles. The number of aryl methyl sites for hydroxylation is 1. The topological polar surface area (TPSA) is 98.7 Å². The summed E-state index contributed by atoms with van der Waals surface area (Å²) >= 11 is 1.45. The summed E-state index contributed by atoms with van der Waals surface area (Å²) in [5, 5.41) is 17.1. The molecule has 2 aromatic rings. The van der Waals surface area contributed by atoms with E-state index in [0.29, 0.717) is 31.5 Å². The lowest BCUT2D eigenvalue weighted by atomic mass is 9.98. The summed E-state index contributed by atoms with van der Waals surface area (Å²) in [5.41, 5.74) is 3.61. The average molecular weight is 399 g/mol. The number of carbonyl (C=O) groups excluding carboxylic acids is 3. The van der Waals surface area contributed by atoms with E-state index in [2.05, 4.69) is 10.6 Å². The van der Waals surface area contributed by atoms with Crippen LogP contribution in [-0.4, -0.2) is 35.9 Å². The van der Waals surface area contributed by atoms with Gasteiger partial charge in [-0.05, 0) is 54.0 Å². The molecular formula is C20H21N3O4S. The number of hydrogen-bond acceptors (Lipinski definition) is 5. The number of nitrogens with zero attached hydrogens (tertiary/aromatic N) is 1. The minimum absolute atomic E-state index is 0.146. The van der Waals surface area contributed by atoms with Crippen LogP contribution in [0.1, 0.15) is 34.9 Å². The third kappa shape index (κ3) is 3.65. The van der Waals surface area contributed by atoms with Gasteiger partial charge >= 0.3 is 11.8 Å². The zero-order chi connectivity index (χ0) is 19.7. The van der Waals surface area contributed by atoms with Crippen molar-refractivity contribution in [2.45, 2.75) is 31.8 Å². The monoisotopic (exact) mass is 399 g/mol. The summed E-state index contributed by atoms with van der Waals surface area (Å²) in [7, 11) is 0. The minimum Gasteiger partial charge on any atom is -0.388 e. The molecule has 0 saturated heterocycles. The first kappa shape index (κ1) is 18.6. The van der Waals surface area contributed by atoms with E-state index in [1.165, 1.54) is 11.3 Å². The molecule has 0 bridgehead atoms. The second-order valence-corrected chi connectivity index (χ2v) is 7.95. The van der Waals surface area contributed by atoms with Crippen molar-refractivity contribution in [2.75, 3.05) is 23.3 Å². The van der Waals surface area contributed by atoms with Gasteiger partial charge in [0.15, 0.2) is 0 Å². The molecule has 0 spiro atoms. The number of rotatable bonds is 5. The summed E-state index contributed by atoms with van der Waals surface area (Å²) in [6.45, 7) is 0.878. The largest absolute Gasteiger partial charge is 0.388 e. The summed E-state index contributed by atoms with van der Waals surface area (Å²) in [6, 6.07) is 7.37. The van der Waals surface area contributed by atoms with E-state index in [4.69, 9.17) is 0 Å². The molecule has 8 heteroatoms. The Morgan fingerprint density at radius 2 is 1.96 bits per heavy atom. The highest BCUT2D eigenvalue weighted by Crippen LogP contribution is 2.38. The van der Waals surface area contributed by atoms with Crippen LogP contribution in [0, 0.1) is 0 Å². The second kappa shape index (κ2) is 7.73. The van der Waals surface area contributed by atoms with E-state index in [1.807, 2.05) is 34.5 Å². The lowest BCUT2D eigenvalue weighted by molar-refractivity contribution is -0.136. The average Bonchev–Trinajstić information content (AvgIpc) is 3.35. The standard InChI is InChI=1S/C20H21N3O4S/c24-15(16-2-1-9-28-16)5-7-21-19(26)20(27)22-14-10-12-3-4-17(25)23-8-6-13(11-14)18(12)23/h1-2,9-11,15,24H,3-8H2,(H,21,26)(H,22,27)/t15-/m1/s1. The van der Waals surface area contributed by atoms with Crippen molar-refractivity contribution < 1.29 is 19.5 Å². The Balaban J connectivity index is 1.34. The number of aliphatic hydroxyl groups is 1. The highest BCUT2D eigenvalue weighted by molar-refractivity contribution is 7.10. The Bertz CT molecular complexity index is 926. The molecule has 0 radical (unpaired) electrons. The fourth-order valence-corrected chi connectivity index (χ4v) is 4.49. The molecule has 0 fully saturated rings. The van der Waals surface area contributed by atoms with Gasteiger partial charge in [-0.25, -0.2) is 0 Å². The third-order valence-electron chi connectivity index (χ3n) is 5.09. The first-order valence-electron chi connectivity index (χ1n) is 9.30. The Labute approximate surface area is 166 Å². The Morgan fingerprint density at radius 3 is 2.71 bits per heavy atom. The van der Waals surface area contributed by atoms with Crippen LogP contribution in [0.5, 0.6) is 0 Å². The van der Waals surface area contributed by atoms with E-state index in [1.54, 1.807) is 0 Å². The molecule has 146 valence electrons. The molecule has 28 heavy (non-hydrogen) atoms. The number of carbonyl (C=O) groups is 3. The van der Waals surface area contributed by atoms with E-state index in [-0.39, 0.29) is 12.5 Å². The van der Waals surface area contributed by atoms with Crippen molar-refractivity contribution in [1.29, 1.82) is 0 Å². The van der Waals surface area contributed by atoms with Gasteiger partial charge in [0.25, 0.3) is 0 Å². The zero-order valence-corrected chi connectivity index (χ0v) is 16.1. The molecule has 2 aliphatic rings. The Morgan fingerprint density at radius 1 is 1.18 bits per heavy atom. The molecule has 7 nitrogen and oxygen atoms in total. The van der Waals surface area contributed by atoms with Gasteiger partial charge in [-0.3, -0.25) is 14.4 Å². The van der Waals surface area contributed by atoms with Gasteiger partial charge in [0.1, 0.15) is 0 Å². The van der Waals surface area contributed by atoms with Gasteiger partial charge in [-0.2, -0.15) is 0 Å². The Kier molecular flexibility index (Phi) is 5.15. The number of amides is 3. The predicted molar refractivity (Wildman–Crippen MR) is 106 cm³/mol. The molecule has 1 aromatic carbocycles. The van der Waals surface area contributed by atoms with Crippen molar-refractivity contribution in [3.63, 3.8) is 0 Å². The summed E-state index contributed by atoms with van der Waals surface area (Å²) in [4.78, 5) is 38.9. The van der Waals surface area contributed by atoms with Crippen LogP contribution in [0.15, 0.2) is 29.6 Å². The quantitative estimate of drug-likeness (QED) is 0.667. The summed E-state index contributed by atoms with van der Waals surface area (Å²) < 4.78 is 0. The zero-order valence-electron chi connectivity index (χ0n) is 15.2. The van der Waals surface area contributed by atoms with E-state index >= 15 is 0 Å². The summed E-state index contributed by atoms with van der Waals surface area (Å²) in [5.74, 6) is -1.32. The van der Waals surface area contributed by atoms with E-state index in [9.17, 15) is 19.5 Å². The highest BCUT2D eigenvalue weighted by Gasteiger charge is 2.31. The van der Waals surface area contributed by atoms with Crippen LogP contribution in [-0.2, 0) is 27.2 Å². The van der Waals surface area contributed by atoms with Gasteiger partial charge in [0.2, 0.25) is 5.91 Å². The first-order valence-corrected chi connectivity index (χ1v) is 10.2. The minimum atomic E-state index is -0.737. The molecule has 4 rings (SSSR count). The van der Waals surface area contributed by atoms with E-state index < -0.39 is 17.9 Å². The maximum Gasteiger partial charge on any atom is 0.313 e. The highest BCUT2D eigenvalue weighted by atomic mass is 32.1. The SMILES string of the molecule is O=C(NCC[C@@H](O)c1cccs1)C(=O)Nc1cc2c3c(c1)CCN3C(=O)CC2. The first-order chi connectivity index (χ1) is 13.5. The smallest absolute Gasteiger partial charge is 0.313 e. The van der Waals surface area contributed by atoms with Gasteiger partial charge < -0.3 is 20.6 Å². The molecule has 3 N–H and O–H groups in total. The number of aliphatic hydroxyl groups excluding tert-OH is 1. The molecule has 1 atom stereocenters. The predicted octanol–water partition coefficient (Wildman–Crippen LogP) is 1.76. The van der Waals surface area contributed by atoms with Crippen LogP contribution < -0.4 is 15.5 Å². The molecular weight excluding hydrogens is 378 g/mol. The van der Waals surface area contributed by atoms with Crippen molar-refractivity contribution in [3.8, 4) is 0 Å². The van der Waals surface area contributed by atoms with Crippen molar-refractivity contribution >= 4 is 40.4 Å². The van der Waals surface area contributed by atoms with Crippen LogP contribution in [0.2, 0.25) is 0 Å². The fourth-order valence-electron chi connectivity index (χ4n) is 3.74. The molecule has 2 aliphatic heterocycles. The van der Waals surface area contributed by atoms with E-state index in [0.717, 1.165) is 28.1 Å². The van der Waals surface area contributed by atoms with Crippen LogP contribution >= 0.6 is 11.3 Å². The van der Waals surface area contributed by atoms with Gasteiger partial charge in [-0.1, -0.05) is 6.07 Å². The number of anilines is 2. The third-order valence-corrected chi connectivity index (χ3v) is 6.06. The van der Waals surface area contributed by atoms with Gasteiger partial charge in [-0.15, -0.1) is 11.3 Å². The molecule has 0 saturated carbocycles. The van der Waals surface area contributed by atoms with Crippen LogP contribution in [0.3, 0.4) is 0 Å². The summed E-state index contributed by atoms with van der Waals surface area (Å²) in [6.07, 6.45) is 1.56. The lowest BCUT2D eigenvalue weighted by Gasteiger charge is -2.25. The number of benzene rings is 1. The Hall–Kier alpha value is -2.71. The number of nitrogens with one attached hydrogen (secondary N) is 2. The van der Waals surface area contributed by atoms with Crippen LogP contribution in [0.25, 0.3) is 0 Å². The lowest BCUT2D eigenvalue weighted by Crippen LogP contribution is -2.36. The van der Waals surface area contributed by atoms with Gasteiger partial charge in [0.05, 0.1) is 11.8 Å². The van der Waals surface area contributed by atoms with Crippen molar-refractivity contribution in [2.24, 2.45) is 0 Å². The van der Waals surface area contributed by atoms with Crippen molar-refractivity contribution in [1.82, 2.24) is 5.32 Å². The number of hydrogen-bond donors (Lipinski definition) is 3. The molecule has 0 unspecified atom stereocenters. The molecule has 0 aliphatic carbocycles. The van der Waals surface area contributed by atoms with Crippen molar-refractivity contribution in [3.05, 3.63) is 45.6 Å². The maximum atomic E-state index is 12.2. The normalized spacial score (nSPS) is 15.9. The second-order valence-electron chi connectivity index (χ2n) is 6.97. The number of thiophene rings is 1. The molecule has 3 heterocycles.